The number of hydrogen-bond donors (Lipinski definition) is 4. The number of nitrogens with zero attached hydrogens (tertiary/aromatic N) is 8. The molecule has 2 atom stereocenters. The van der Waals surface area contributed by atoms with Crippen molar-refractivity contribution in [2.75, 3.05) is 23.8 Å². The summed E-state index contributed by atoms with van der Waals surface area (Å²) in [4.78, 5) is 62.9. The van der Waals surface area contributed by atoms with Crippen molar-refractivity contribution in [2.24, 2.45) is 0 Å². The maximum absolute atomic E-state index is 14.1. The molecular formula is C51H41Cl2F3N12O7. The van der Waals surface area contributed by atoms with E-state index in [2.05, 4.69) is 46.3 Å². The summed E-state index contributed by atoms with van der Waals surface area (Å²) in [6, 6.07) is 36.8. The van der Waals surface area contributed by atoms with Crippen LogP contribution in [0.25, 0.3) is 0 Å². The van der Waals surface area contributed by atoms with Gasteiger partial charge in [-0.05, 0) is 109 Å². The molecule has 5 heterocycles. The fourth-order valence-electron chi connectivity index (χ4n) is 7.58. The number of alkyl halides is 3. The number of hydrogen-bond acceptors (Lipinski definition) is 15. The fourth-order valence-corrected chi connectivity index (χ4v) is 7.84. The van der Waals surface area contributed by atoms with Gasteiger partial charge in [-0.15, -0.1) is 20.4 Å². The lowest BCUT2D eigenvalue weighted by Crippen LogP contribution is -2.43. The van der Waals surface area contributed by atoms with Gasteiger partial charge in [0.15, 0.2) is 0 Å². The monoisotopic (exact) mass is 1060 g/mol. The fraction of sp³-hybridized carbons (Fsp3) is 0.176. The van der Waals surface area contributed by atoms with Crippen LogP contribution in [0.1, 0.15) is 56.7 Å². The molecule has 24 heteroatoms. The number of anilines is 4. The van der Waals surface area contributed by atoms with Crippen molar-refractivity contribution < 1.29 is 37.0 Å². The van der Waals surface area contributed by atoms with Crippen LogP contribution < -0.4 is 41.9 Å². The Bertz CT molecular complexity index is 3430. The second-order valence-corrected chi connectivity index (χ2v) is 17.6. The number of carbonyl (C=O) groups is 2. The molecule has 0 saturated carbocycles. The molecule has 0 spiro atoms. The zero-order valence-corrected chi connectivity index (χ0v) is 40.5. The zero-order chi connectivity index (χ0) is 52.5. The van der Waals surface area contributed by atoms with Gasteiger partial charge in [-0.3, -0.25) is 28.3 Å². The van der Waals surface area contributed by atoms with Crippen molar-refractivity contribution in [1.82, 2.24) is 50.1 Å². The summed E-state index contributed by atoms with van der Waals surface area (Å²) >= 11 is 12.2. The average molecular weight is 1060 g/mol. The van der Waals surface area contributed by atoms with Crippen LogP contribution in [-0.4, -0.2) is 76.7 Å². The Morgan fingerprint density at radius 2 is 1.19 bits per heavy atom. The van der Waals surface area contributed by atoms with Crippen LogP contribution in [0.4, 0.5) is 36.4 Å². The first kappa shape index (κ1) is 51.2. The van der Waals surface area contributed by atoms with E-state index in [-0.39, 0.29) is 37.5 Å². The van der Waals surface area contributed by atoms with Gasteiger partial charge in [0.25, 0.3) is 22.9 Å². The molecule has 382 valence electrons. The molecule has 0 radical (unpaired) electrons. The van der Waals surface area contributed by atoms with Crippen LogP contribution in [0.2, 0.25) is 10.0 Å². The first-order valence-electron chi connectivity index (χ1n) is 22.9. The first-order valence-corrected chi connectivity index (χ1v) is 23.6. The molecule has 1 aliphatic rings. The number of amides is 2. The minimum atomic E-state index is -4.71. The van der Waals surface area contributed by atoms with Crippen molar-refractivity contribution in [1.29, 1.82) is 0 Å². The minimum Gasteiger partial charge on any atom is -0.439 e. The number of pyridine rings is 2. The number of rotatable bonds is 17. The van der Waals surface area contributed by atoms with E-state index in [0.717, 1.165) is 10.1 Å². The van der Waals surface area contributed by atoms with Crippen LogP contribution in [-0.2, 0) is 17.8 Å². The second-order valence-electron chi connectivity index (χ2n) is 16.7. The van der Waals surface area contributed by atoms with Crippen LogP contribution in [0.5, 0.6) is 23.3 Å². The minimum absolute atomic E-state index is 0.0436. The summed E-state index contributed by atoms with van der Waals surface area (Å²) in [6.45, 7) is -1.49. The zero-order valence-electron chi connectivity index (χ0n) is 39.0. The molecule has 0 bridgehead atoms. The molecule has 2 unspecified atom stereocenters. The number of halogens is 5. The molecular weight excluding hydrogens is 1020 g/mol. The number of benzene rings is 4. The quantitative estimate of drug-likeness (QED) is 0.0668. The summed E-state index contributed by atoms with van der Waals surface area (Å²) in [5.41, 5.74) is -0.0924. The smallest absolute Gasteiger partial charge is 0.405 e. The van der Waals surface area contributed by atoms with E-state index >= 15 is 0 Å². The lowest BCUT2D eigenvalue weighted by atomic mass is 10.0. The molecule has 2 amide bonds. The van der Waals surface area contributed by atoms with Gasteiger partial charge in [0.2, 0.25) is 35.0 Å². The lowest BCUT2D eigenvalue weighted by Gasteiger charge is -2.29. The van der Waals surface area contributed by atoms with Crippen molar-refractivity contribution in [3.63, 3.8) is 0 Å². The third-order valence-corrected chi connectivity index (χ3v) is 11.8. The van der Waals surface area contributed by atoms with Gasteiger partial charge < -0.3 is 35.5 Å². The topological polar surface area (TPSA) is 231 Å². The van der Waals surface area contributed by atoms with E-state index in [1.165, 1.54) is 4.57 Å². The van der Waals surface area contributed by atoms with Gasteiger partial charge in [-0.2, -0.15) is 13.2 Å². The number of nitrogens with one attached hydrogen (secondary N) is 4. The molecule has 9 rings (SSSR count). The normalized spacial score (nSPS) is 14.4. The van der Waals surface area contributed by atoms with Crippen molar-refractivity contribution in [3.05, 3.63) is 199 Å². The Labute approximate surface area is 433 Å². The van der Waals surface area contributed by atoms with E-state index in [9.17, 15) is 32.3 Å². The Morgan fingerprint density at radius 3 is 1.72 bits per heavy atom. The van der Waals surface area contributed by atoms with E-state index in [4.69, 9.17) is 37.4 Å². The first-order chi connectivity index (χ1) is 36.2. The van der Waals surface area contributed by atoms with Crippen molar-refractivity contribution >= 4 is 58.3 Å². The van der Waals surface area contributed by atoms with E-state index in [1.54, 1.807) is 139 Å². The summed E-state index contributed by atoms with van der Waals surface area (Å²) in [6.07, 6.45) is -2.91. The summed E-state index contributed by atoms with van der Waals surface area (Å²) in [5, 5.41) is 27.6. The van der Waals surface area contributed by atoms with Crippen LogP contribution >= 0.6 is 23.2 Å². The molecule has 1 saturated heterocycles. The van der Waals surface area contributed by atoms with Crippen LogP contribution in [0.3, 0.4) is 0 Å². The second kappa shape index (κ2) is 23.0. The van der Waals surface area contributed by atoms with Crippen molar-refractivity contribution in [3.8, 4) is 23.3 Å². The SMILES string of the molecule is O=C(NCC(F)(F)F)c1nnc(Nc2ccc(Oc3cccc(C4CC(NC(=O)c5nnc(Nc6ccc(Oc7ccccn7)cc6)n(Cc6ccc(Cl)cc6)c5=O)CCO4)n3)cc2)n(Cc2ccc(Cl)cc2)c1=O. The standard InChI is InChI=1S/C51H41Cl2F3N12O7/c52-32-11-7-30(8-12-32)27-67-47(71)43(45(69)58-29-51(54,55)56)63-65-49(67)60-35-17-21-38(22-18-35)75-42-6-3-4-39(62-42)40-26-36(23-25-73-40)59-46(70)44-48(72)68(28-31-9-13-33(53)14-10-31)50(66-64-44)61-34-15-19-37(20-16-34)74-41-5-1-2-24-57-41/h1-22,24,36,40H,23,25-29H2,(H,58,69)(H,59,70)(H,60,65)(H,61,66). The predicted octanol–water partition coefficient (Wildman–Crippen LogP) is 8.80. The number of aromatic nitrogens is 8. The highest BCUT2D eigenvalue weighted by atomic mass is 35.5. The predicted molar refractivity (Wildman–Crippen MR) is 269 cm³/mol. The Hall–Kier alpha value is -8.73. The number of ether oxygens (including phenoxy) is 3. The van der Waals surface area contributed by atoms with E-state index in [1.807, 2.05) is 6.07 Å². The van der Waals surface area contributed by atoms with E-state index in [0.29, 0.717) is 62.9 Å². The molecule has 19 nitrogen and oxygen atoms in total. The number of carbonyl (C=O) groups excluding carboxylic acids is 2. The highest BCUT2D eigenvalue weighted by Gasteiger charge is 2.31. The van der Waals surface area contributed by atoms with Gasteiger partial charge >= 0.3 is 6.18 Å². The maximum Gasteiger partial charge on any atom is 0.405 e. The largest absolute Gasteiger partial charge is 0.439 e. The molecule has 4 aromatic heterocycles. The van der Waals surface area contributed by atoms with Gasteiger partial charge in [0.1, 0.15) is 24.1 Å². The molecule has 4 N–H and O–H groups in total. The lowest BCUT2D eigenvalue weighted by molar-refractivity contribution is -0.123. The average Bonchev–Trinajstić information content (AvgIpc) is 3.40. The van der Waals surface area contributed by atoms with Gasteiger partial charge in [-0.1, -0.05) is 59.6 Å². The highest BCUT2D eigenvalue weighted by molar-refractivity contribution is 6.30. The Morgan fingerprint density at radius 1 is 0.653 bits per heavy atom. The van der Waals surface area contributed by atoms with Gasteiger partial charge in [0, 0.05) is 52.4 Å². The summed E-state index contributed by atoms with van der Waals surface area (Å²) in [5.74, 6) is -0.507. The third kappa shape index (κ3) is 13.5. The maximum atomic E-state index is 14.1. The Balaban J connectivity index is 0.855. The molecule has 1 fully saturated rings. The van der Waals surface area contributed by atoms with Crippen LogP contribution in [0, 0.1) is 0 Å². The Kier molecular flexibility index (Phi) is 15.7. The van der Waals surface area contributed by atoms with Gasteiger partial charge in [0.05, 0.1) is 18.8 Å². The summed E-state index contributed by atoms with van der Waals surface area (Å²) < 4.78 is 58.8. The third-order valence-electron chi connectivity index (χ3n) is 11.3. The van der Waals surface area contributed by atoms with Crippen molar-refractivity contribution in [2.45, 2.75) is 44.3 Å². The van der Waals surface area contributed by atoms with Gasteiger partial charge in [-0.25, -0.2) is 9.97 Å². The summed E-state index contributed by atoms with van der Waals surface area (Å²) in [7, 11) is 0. The van der Waals surface area contributed by atoms with E-state index < -0.39 is 59.2 Å². The van der Waals surface area contributed by atoms with Crippen LogP contribution in [0.15, 0.2) is 149 Å². The molecule has 8 aromatic rings. The molecule has 4 aromatic carbocycles. The molecule has 1 aliphatic heterocycles. The highest BCUT2D eigenvalue weighted by Crippen LogP contribution is 2.31. The molecule has 0 aliphatic carbocycles. The molecule has 75 heavy (non-hydrogen) atoms.